The van der Waals surface area contributed by atoms with Crippen molar-refractivity contribution in [2.75, 3.05) is 38.2 Å². The fourth-order valence-electron chi connectivity index (χ4n) is 6.24. The SMILES string of the molecule is CCN1CCN(c2cc3c(cc2Cl)nc(C(=O)C2(CC)CCC(NC(=O)OC)CC2)n3/C(=C\C(=O)O)C(=O)O)[C@H](C)C1. The summed E-state index contributed by atoms with van der Waals surface area (Å²) < 4.78 is 5.85. The quantitative estimate of drug-likeness (QED) is 0.282. The average molecular weight is 604 g/mol. The van der Waals surface area contributed by atoms with E-state index in [0.717, 1.165) is 24.2 Å². The number of ketones is 1. The Kier molecular flexibility index (Phi) is 9.47. The average Bonchev–Trinajstić information content (AvgIpc) is 3.32. The van der Waals surface area contributed by atoms with Crippen LogP contribution in [-0.2, 0) is 14.3 Å². The number of carbonyl (C=O) groups is 4. The molecule has 1 saturated heterocycles. The molecule has 13 heteroatoms. The van der Waals surface area contributed by atoms with Crippen LogP contribution in [0.4, 0.5) is 10.5 Å². The van der Waals surface area contributed by atoms with Gasteiger partial charge in [-0.2, -0.15) is 0 Å². The minimum Gasteiger partial charge on any atom is -0.478 e. The number of alkyl carbamates (subject to hydrolysis) is 1. The number of hydrogen-bond donors (Lipinski definition) is 3. The van der Waals surface area contributed by atoms with Crippen molar-refractivity contribution in [3.8, 4) is 0 Å². The second-order valence-corrected chi connectivity index (χ2v) is 11.5. The zero-order valence-corrected chi connectivity index (χ0v) is 25.1. The highest BCUT2D eigenvalue weighted by molar-refractivity contribution is 6.34. The Morgan fingerprint density at radius 3 is 2.40 bits per heavy atom. The molecule has 0 unspecified atom stereocenters. The Labute approximate surface area is 249 Å². The number of nitrogens with zero attached hydrogens (tertiary/aromatic N) is 4. The zero-order chi connectivity index (χ0) is 30.8. The molecule has 12 nitrogen and oxygen atoms in total. The first kappa shape index (κ1) is 31.3. The summed E-state index contributed by atoms with van der Waals surface area (Å²) in [6, 6.07) is 3.25. The summed E-state index contributed by atoms with van der Waals surface area (Å²) in [5.41, 5.74) is -0.246. The lowest BCUT2D eigenvalue weighted by atomic mass is 9.68. The van der Waals surface area contributed by atoms with Crippen molar-refractivity contribution < 1.29 is 34.1 Å². The van der Waals surface area contributed by atoms with Gasteiger partial charge < -0.3 is 25.2 Å². The first-order chi connectivity index (χ1) is 19.9. The number of piperazine rings is 1. The number of likely N-dealkylation sites (N-methyl/N-ethyl adjacent to an activating group) is 1. The molecular weight excluding hydrogens is 566 g/mol. The van der Waals surface area contributed by atoms with Gasteiger partial charge in [0.2, 0.25) is 5.78 Å². The number of aromatic nitrogens is 2. The molecule has 1 aromatic carbocycles. The van der Waals surface area contributed by atoms with Crippen LogP contribution in [0.5, 0.6) is 0 Å². The van der Waals surface area contributed by atoms with Gasteiger partial charge in [-0.25, -0.2) is 19.4 Å². The number of benzene rings is 1. The highest BCUT2D eigenvalue weighted by atomic mass is 35.5. The molecule has 0 radical (unpaired) electrons. The van der Waals surface area contributed by atoms with Crippen LogP contribution in [0.15, 0.2) is 18.2 Å². The van der Waals surface area contributed by atoms with Gasteiger partial charge in [-0.1, -0.05) is 25.4 Å². The van der Waals surface area contributed by atoms with E-state index in [9.17, 15) is 29.4 Å². The summed E-state index contributed by atoms with van der Waals surface area (Å²) in [4.78, 5) is 59.3. The summed E-state index contributed by atoms with van der Waals surface area (Å²) in [5, 5.41) is 22.9. The number of hydrogen-bond acceptors (Lipinski definition) is 8. The van der Waals surface area contributed by atoms with Crippen molar-refractivity contribution >= 4 is 57.8 Å². The molecule has 228 valence electrons. The largest absolute Gasteiger partial charge is 0.478 e. The number of imidazole rings is 1. The molecule has 3 N–H and O–H groups in total. The molecule has 42 heavy (non-hydrogen) atoms. The molecule has 1 aliphatic carbocycles. The van der Waals surface area contributed by atoms with Gasteiger partial charge >= 0.3 is 18.0 Å². The number of ether oxygens (including phenoxy) is 1. The predicted molar refractivity (Wildman–Crippen MR) is 158 cm³/mol. The normalized spacial score (nSPS) is 23.5. The molecule has 2 fully saturated rings. The molecule has 4 rings (SSSR count). The maximum atomic E-state index is 14.3. The van der Waals surface area contributed by atoms with E-state index in [2.05, 4.69) is 33.9 Å². The first-order valence-electron chi connectivity index (χ1n) is 14.2. The minimum atomic E-state index is -1.51. The van der Waals surface area contributed by atoms with E-state index in [4.69, 9.17) is 16.3 Å². The number of aliphatic carboxylic acids is 2. The molecule has 1 amide bonds. The maximum Gasteiger partial charge on any atom is 0.407 e. The van der Waals surface area contributed by atoms with E-state index in [1.165, 1.54) is 7.11 Å². The van der Waals surface area contributed by atoms with Crippen LogP contribution in [0.1, 0.15) is 63.5 Å². The van der Waals surface area contributed by atoms with Crippen molar-refractivity contribution in [2.24, 2.45) is 5.41 Å². The van der Waals surface area contributed by atoms with Crippen LogP contribution in [0.2, 0.25) is 5.02 Å². The number of halogens is 1. The third-order valence-electron chi connectivity index (χ3n) is 8.72. The second-order valence-electron chi connectivity index (χ2n) is 11.0. The molecule has 0 spiro atoms. The number of rotatable bonds is 9. The van der Waals surface area contributed by atoms with Gasteiger partial charge in [0, 0.05) is 37.1 Å². The molecule has 1 atom stereocenters. The monoisotopic (exact) mass is 603 g/mol. The van der Waals surface area contributed by atoms with Crippen LogP contribution in [-0.4, -0.2) is 93.9 Å². The zero-order valence-electron chi connectivity index (χ0n) is 24.4. The predicted octanol–water partition coefficient (Wildman–Crippen LogP) is 4.11. The lowest BCUT2D eigenvalue weighted by Gasteiger charge is -2.41. The number of Topliss-reactive ketones (excluding diaryl/α,β-unsaturated/α-hetero) is 1. The molecule has 2 heterocycles. The highest BCUT2D eigenvalue weighted by Gasteiger charge is 2.44. The van der Waals surface area contributed by atoms with E-state index in [1.807, 2.05) is 6.92 Å². The van der Waals surface area contributed by atoms with Gasteiger partial charge in [-0.15, -0.1) is 0 Å². The van der Waals surface area contributed by atoms with E-state index in [0.29, 0.717) is 55.4 Å². The number of methoxy groups -OCH3 is 1. The summed E-state index contributed by atoms with van der Waals surface area (Å²) in [5.74, 6) is -3.51. The maximum absolute atomic E-state index is 14.3. The van der Waals surface area contributed by atoms with Crippen molar-refractivity contribution in [3.63, 3.8) is 0 Å². The van der Waals surface area contributed by atoms with Gasteiger partial charge in [-0.05, 0) is 57.7 Å². The molecule has 2 aromatic rings. The topological polar surface area (TPSA) is 154 Å². The number of amides is 1. The number of carboxylic acid groups (broad SMARTS) is 2. The molecule has 1 aliphatic heterocycles. The van der Waals surface area contributed by atoms with Crippen LogP contribution in [0, 0.1) is 5.41 Å². The number of carbonyl (C=O) groups excluding carboxylic acids is 2. The number of anilines is 1. The lowest BCUT2D eigenvalue weighted by molar-refractivity contribution is -0.133. The van der Waals surface area contributed by atoms with Gasteiger partial charge in [-0.3, -0.25) is 14.3 Å². The van der Waals surface area contributed by atoms with Crippen molar-refractivity contribution in [1.29, 1.82) is 0 Å². The van der Waals surface area contributed by atoms with Crippen molar-refractivity contribution in [3.05, 3.63) is 29.1 Å². The first-order valence-corrected chi connectivity index (χ1v) is 14.6. The van der Waals surface area contributed by atoms with Gasteiger partial charge in [0.05, 0.1) is 34.9 Å². The van der Waals surface area contributed by atoms with E-state index in [1.54, 1.807) is 12.1 Å². The Hall–Kier alpha value is -3.64. The fourth-order valence-corrected chi connectivity index (χ4v) is 6.51. The fraction of sp³-hybridized carbons (Fsp3) is 0.552. The molecule has 1 saturated carbocycles. The molecular formula is C29H38ClN5O7. The smallest absolute Gasteiger partial charge is 0.407 e. The number of nitrogens with one attached hydrogen (secondary N) is 1. The minimum absolute atomic E-state index is 0.108. The standard InChI is InChI=1S/C29H38ClN5O7/c1-5-29(9-7-18(8-10-29)31-28(41)42-4)25(38)26-32-20-13-19(30)21(34-12-11-33(6-2)16-17(34)3)14-22(20)35(26)23(27(39)40)15-24(36)37/h13-15,17-18H,5-12,16H2,1-4H3,(H,31,41)(H,36,37)(H,39,40)/b23-15-/t17-,18?,29?/m1/s1. The molecule has 0 bridgehead atoms. The summed E-state index contributed by atoms with van der Waals surface area (Å²) in [6.07, 6.45) is 2.38. The van der Waals surface area contributed by atoms with E-state index >= 15 is 0 Å². The molecule has 2 aliphatic rings. The second kappa shape index (κ2) is 12.7. The third-order valence-corrected chi connectivity index (χ3v) is 9.03. The van der Waals surface area contributed by atoms with Gasteiger partial charge in [0.25, 0.3) is 0 Å². The summed E-state index contributed by atoms with van der Waals surface area (Å²) >= 11 is 6.75. The van der Waals surface area contributed by atoms with Crippen LogP contribution < -0.4 is 10.2 Å². The van der Waals surface area contributed by atoms with Crippen molar-refractivity contribution in [2.45, 2.75) is 65.0 Å². The Bertz CT molecular complexity index is 1410. The van der Waals surface area contributed by atoms with Gasteiger partial charge in [0.1, 0.15) is 5.70 Å². The van der Waals surface area contributed by atoms with Gasteiger partial charge in [0.15, 0.2) is 5.82 Å². The summed E-state index contributed by atoms with van der Waals surface area (Å²) in [6.45, 7) is 9.32. The van der Waals surface area contributed by atoms with Crippen LogP contribution in [0.3, 0.4) is 0 Å². The number of fused-ring (bicyclic) bond motifs is 1. The highest BCUT2D eigenvalue weighted by Crippen LogP contribution is 2.43. The number of carboxylic acids is 2. The Morgan fingerprint density at radius 1 is 1.17 bits per heavy atom. The van der Waals surface area contributed by atoms with E-state index < -0.39 is 29.1 Å². The van der Waals surface area contributed by atoms with Crippen LogP contribution >= 0.6 is 11.6 Å². The lowest BCUT2D eigenvalue weighted by Crippen LogP contribution is -2.51. The summed E-state index contributed by atoms with van der Waals surface area (Å²) in [7, 11) is 1.29. The Balaban J connectivity index is 1.83. The Morgan fingerprint density at radius 2 is 1.86 bits per heavy atom. The van der Waals surface area contributed by atoms with Crippen molar-refractivity contribution in [1.82, 2.24) is 19.8 Å². The molecule has 1 aromatic heterocycles. The van der Waals surface area contributed by atoms with Crippen LogP contribution in [0.25, 0.3) is 16.7 Å². The van der Waals surface area contributed by atoms with E-state index in [-0.39, 0.29) is 34.7 Å². The third kappa shape index (κ3) is 6.10.